The van der Waals surface area contributed by atoms with Crippen LogP contribution >= 0.6 is 0 Å². The zero-order valence-electron chi connectivity index (χ0n) is 13.8. The first-order valence-electron chi connectivity index (χ1n) is 8.14. The fourth-order valence-electron chi connectivity index (χ4n) is 3.18. The van der Waals surface area contributed by atoms with Gasteiger partial charge in [-0.2, -0.15) is 5.26 Å². The zero-order chi connectivity index (χ0) is 16.9. The molecule has 0 radical (unpaired) electrons. The molecule has 1 N–H and O–H groups in total. The molecule has 24 heavy (non-hydrogen) atoms. The number of carbonyl (C=O) groups excluding carboxylic acids is 1. The van der Waals surface area contributed by atoms with Gasteiger partial charge in [0, 0.05) is 44.8 Å². The summed E-state index contributed by atoms with van der Waals surface area (Å²) >= 11 is 0. The van der Waals surface area contributed by atoms with Crippen LogP contribution in [0.4, 0.5) is 0 Å². The van der Waals surface area contributed by atoms with Crippen LogP contribution in [-0.2, 0) is 13.6 Å². The van der Waals surface area contributed by atoms with E-state index in [1.165, 1.54) is 5.56 Å². The van der Waals surface area contributed by atoms with Crippen LogP contribution in [0.1, 0.15) is 34.5 Å². The summed E-state index contributed by atoms with van der Waals surface area (Å²) in [6.45, 7) is 2.71. The van der Waals surface area contributed by atoms with Crippen molar-refractivity contribution in [1.29, 1.82) is 5.26 Å². The number of aryl methyl sites for hydroxylation is 1. The van der Waals surface area contributed by atoms with Gasteiger partial charge in [-0.3, -0.25) is 14.7 Å². The highest BCUT2D eigenvalue weighted by atomic mass is 16.2. The molecule has 1 aliphatic rings. The van der Waals surface area contributed by atoms with Crippen LogP contribution in [0.15, 0.2) is 36.8 Å². The number of carbonyl (C=O) groups is 1. The molecule has 1 saturated heterocycles. The minimum atomic E-state index is -0.118. The highest BCUT2D eigenvalue weighted by Crippen LogP contribution is 2.14. The van der Waals surface area contributed by atoms with E-state index < -0.39 is 0 Å². The van der Waals surface area contributed by atoms with Crippen LogP contribution in [0.3, 0.4) is 0 Å². The van der Waals surface area contributed by atoms with E-state index in [9.17, 15) is 4.79 Å². The molecule has 1 aliphatic heterocycles. The first-order valence-corrected chi connectivity index (χ1v) is 8.14. The molecule has 1 amide bonds. The van der Waals surface area contributed by atoms with E-state index in [0.717, 1.165) is 32.5 Å². The second-order valence-corrected chi connectivity index (χ2v) is 6.25. The molecule has 1 unspecified atom stereocenters. The molecule has 3 heterocycles. The average Bonchev–Trinajstić information content (AvgIpc) is 2.97. The number of amides is 1. The third kappa shape index (κ3) is 3.81. The summed E-state index contributed by atoms with van der Waals surface area (Å²) in [5, 5.41) is 12.0. The van der Waals surface area contributed by atoms with Crippen molar-refractivity contribution in [2.45, 2.75) is 25.4 Å². The van der Waals surface area contributed by atoms with Crippen molar-refractivity contribution in [2.24, 2.45) is 7.05 Å². The average molecular weight is 323 g/mol. The highest BCUT2D eigenvalue weighted by Gasteiger charge is 2.23. The van der Waals surface area contributed by atoms with E-state index in [4.69, 9.17) is 5.26 Å². The van der Waals surface area contributed by atoms with Crippen LogP contribution in [-0.4, -0.2) is 39.5 Å². The van der Waals surface area contributed by atoms with Gasteiger partial charge in [0.05, 0.1) is 5.56 Å². The van der Waals surface area contributed by atoms with Gasteiger partial charge in [-0.25, -0.2) is 0 Å². The minimum Gasteiger partial charge on any atom is -0.347 e. The van der Waals surface area contributed by atoms with Crippen LogP contribution in [0.25, 0.3) is 0 Å². The van der Waals surface area contributed by atoms with Crippen LogP contribution in [0, 0.1) is 11.3 Å². The lowest BCUT2D eigenvalue weighted by Gasteiger charge is -2.33. The largest absolute Gasteiger partial charge is 0.347 e. The Morgan fingerprint density at radius 3 is 3.12 bits per heavy atom. The molecule has 1 fully saturated rings. The number of hydrogen-bond acceptors (Lipinski definition) is 4. The molecule has 6 heteroatoms. The van der Waals surface area contributed by atoms with Gasteiger partial charge in [0.2, 0.25) is 0 Å². The molecule has 2 aromatic rings. The number of rotatable bonds is 4. The third-order valence-electron chi connectivity index (χ3n) is 4.34. The molecule has 0 aromatic carbocycles. The smallest absolute Gasteiger partial charge is 0.268 e. The quantitative estimate of drug-likeness (QED) is 0.929. The van der Waals surface area contributed by atoms with Gasteiger partial charge < -0.3 is 9.88 Å². The molecule has 0 saturated carbocycles. The molecule has 124 valence electrons. The molecule has 2 aromatic heterocycles. The highest BCUT2D eigenvalue weighted by molar-refractivity contribution is 5.93. The lowest BCUT2D eigenvalue weighted by Crippen LogP contribution is -2.47. The number of pyridine rings is 1. The van der Waals surface area contributed by atoms with E-state index in [0.29, 0.717) is 11.3 Å². The molecular weight excluding hydrogens is 302 g/mol. The number of hydrogen-bond donors (Lipinski definition) is 1. The van der Waals surface area contributed by atoms with Gasteiger partial charge in [-0.05, 0) is 37.1 Å². The van der Waals surface area contributed by atoms with E-state index in [2.05, 4.69) is 27.3 Å². The lowest BCUT2D eigenvalue weighted by molar-refractivity contribution is 0.0892. The molecule has 3 rings (SSSR count). The maximum absolute atomic E-state index is 12.5. The predicted octanol–water partition coefficient (Wildman–Crippen LogP) is 1.69. The van der Waals surface area contributed by atoms with E-state index >= 15 is 0 Å². The Morgan fingerprint density at radius 1 is 1.54 bits per heavy atom. The van der Waals surface area contributed by atoms with Gasteiger partial charge in [-0.1, -0.05) is 6.07 Å². The number of likely N-dealkylation sites (tertiary alicyclic amines) is 1. The molecule has 6 nitrogen and oxygen atoms in total. The minimum absolute atomic E-state index is 0.118. The van der Waals surface area contributed by atoms with Gasteiger partial charge in [0.1, 0.15) is 11.8 Å². The molecule has 0 aliphatic carbocycles. The number of nitrogens with one attached hydrogen (secondary N) is 1. The third-order valence-corrected chi connectivity index (χ3v) is 4.34. The Morgan fingerprint density at radius 2 is 2.42 bits per heavy atom. The first kappa shape index (κ1) is 16.2. The Balaban J connectivity index is 1.59. The van der Waals surface area contributed by atoms with Crippen molar-refractivity contribution in [3.05, 3.63) is 53.6 Å². The van der Waals surface area contributed by atoms with Crippen molar-refractivity contribution in [3.8, 4) is 6.07 Å². The number of nitrogens with zero attached hydrogens (tertiary/aromatic N) is 4. The van der Waals surface area contributed by atoms with E-state index in [-0.39, 0.29) is 11.9 Å². The van der Waals surface area contributed by atoms with Crippen molar-refractivity contribution >= 4 is 5.91 Å². The van der Waals surface area contributed by atoms with Crippen LogP contribution in [0.2, 0.25) is 0 Å². The van der Waals surface area contributed by atoms with Crippen molar-refractivity contribution in [3.63, 3.8) is 0 Å². The summed E-state index contributed by atoms with van der Waals surface area (Å²) in [7, 11) is 1.78. The summed E-state index contributed by atoms with van der Waals surface area (Å²) in [5.74, 6) is -0.118. The van der Waals surface area contributed by atoms with Crippen molar-refractivity contribution in [2.75, 3.05) is 13.1 Å². The Bertz CT molecular complexity index is 747. The standard InChI is InChI=1S/C18H21N5O/c1-22-11-15(9-19)8-17(22)18(24)21-16-5-3-7-23(13-16)12-14-4-2-6-20-10-14/h2,4,6,8,10-11,16H,3,5,7,12-13H2,1H3,(H,21,24). The van der Waals surface area contributed by atoms with E-state index in [1.807, 2.05) is 12.3 Å². The molecule has 1 atom stereocenters. The Hall–Kier alpha value is -2.65. The second kappa shape index (κ2) is 7.28. The summed E-state index contributed by atoms with van der Waals surface area (Å²) < 4.78 is 1.70. The summed E-state index contributed by atoms with van der Waals surface area (Å²) in [6, 6.07) is 7.84. The molecule has 0 spiro atoms. The van der Waals surface area contributed by atoms with Gasteiger partial charge >= 0.3 is 0 Å². The van der Waals surface area contributed by atoms with Crippen LogP contribution < -0.4 is 5.32 Å². The van der Waals surface area contributed by atoms with Crippen molar-refractivity contribution in [1.82, 2.24) is 19.8 Å². The van der Waals surface area contributed by atoms with Gasteiger partial charge in [0.25, 0.3) is 5.91 Å². The number of nitriles is 1. The SMILES string of the molecule is Cn1cc(C#N)cc1C(=O)NC1CCCN(Cc2cccnc2)C1. The van der Waals surface area contributed by atoms with Crippen LogP contribution in [0.5, 0.6) is 0 Å². The van der Waals surface area contributed by atoms with Gasteiger partial charge in [-0.15, -0.1) is 0 Å². The maximum Gasteiger partial charge on any atom is 0.268 e. The Labute approximate surface area is 141 Å². The molecule has 0 bridgehead atoms. The zero-order valence-corrected chi connectivity index (χ0v) is 13.8. The number of aromatic nitrogens is 2. The Kier molecular flexibility index (Phi) is 4.92. The fourth-order valence-corrected chi connectivity index (χ4v) is 3.18. The maximum atomic E-state index is 12.5. The normalized spacial score (nSPS) is 18.1. The fraction of sp³-hybridized carbons (Fsp3) is 0.389. The van der Waals surface area contributed by atoms with Crippen molar-refractivity contribution < 1.29 is 4.79 Å². The summed E-state index contributed by atoms with van der Waals surface area (Å²) in [5.41, 5.74) is 2.21. The lowest BCUT2D eigenvalue weighted by atomic mass is 10.0. The first-order chi connectivity index (χ1) is 11.7. The van der Waals surface area contributed by atoms with Gasteiger partial charge in [0.15, 0.2) is 0 Å². The monoisotopic (exact) mass is 323 g/mol. The topological polar surface area (TPSA) is 74.0 Å². The predicted molar refractivity (Wildman–Crippen MR) is 90.1 cm³/mol. The summed E-state index contributed by atoms with van der Waals surface area (Å²) in [4.78, 5) is 19.0. The molecular formula is C18H21N5O. The van der Waals surface area contributed by atoms with E-state index in [1.54, 1.807) is 30.1 Å². The second-order valence-electron chi connectivity index (χ2n) is 6.25. The summed E-state index contributed by atoms with van der Waals surface area (Å²) in [6.07, 6.45) is 7.37. The number of piperidine rings is 1.